The van der Waals surface area contributed by atoms with Gasteiger partial charge in [-0.2, -0.15) is 0 Å². The molecule has 3 aromatic rings. The van der Waals surface area contributed by atoms with Crippen molar-refractivity contribution >= 4 is 57.3 Å². The van der Waals surface area contributed by atoms with Crippen LogP contribution in [0.25, 0.3) is 22.2 Å². The van der Waals surface area contributed by atoms with Gasteiger partial charge in [-0.1, -0.05) is 12.1 Å². The van der Waals surface area contributed by atoms with Crippen LogP contribution in [0.1, 0.15) is 0 Å². The molecule has 3 nitrogen and oxygen atoms in total. The number of hydrogen-bond donors (Lipinski definition) is 1. The van der Waals surface area contributed by atoms with Crippen molar-refractivity contribution in [3.63, 3.8) is 0 Å². The molecule has 0 radical (unpaired) electrons. The van der Waals surface area contributed by atoms with E-state index in [2.05, 4.69) is 54.4 Å². The van der Waals surface area contributed by atoms with E-state index in [0.717, 1.165) is 26.6 Å². The fraction of sp³-hybridized carbons (Fsp3) is 0. The summed E-state index contributed by atoms with van der Waals surface area (Å²) in [5.41, 5.74) is 3.10. The van der Waals surface area contributed by atoms with E-state index in [1.807, 2.05) is 16.1 Å². The number of rotatable bonds is 2. The molecule has 2 aromatic heterocycles. The molecule has 1 N–H and O–H groups in total. The first-order valence-corrected chi connectivity index (χ1v) is 9.55. The quantitative estimate of drug-likeness (QED) is 0.562. The Morgan fingerprint density at radius 1 is 1.26 bits per heavy atom. The van der Waals surface area contributed by atoms with Gasteiger partial charge in [-0.25, -0.2) is 4.98 Å². The molecule has 1 aromatic carbocycles. The van der Waals surface area contributed by atoms with Crippen molar-refractivity contribution in [3.8, 4) is 16.9 Å². The highest BCUT2D eigenvalue weighted by atomic mass is 127. The average molecular weight is 447 g/mol. The molecule has 3 rings (SSSR count). The molecular weight excluding hydrogens is 439 g/mol. The molecule has 0 amide bonds. The smallest absolute Gasteiger partial charge is 0.151 e. The standard InChI is InChI=1S/C13H8BrIN2OS/c14-9-5-11-12(8-1-3-10(18)4-2-8)7-17(19-15)13(11)16-6-9/h1-7,18H. The van der Waals surface area contributed by atoms with E-state index in [0.29, 0.717) is 0 Å². The molecule has 0 aliphatic carbocycles. The Hall–Kier alpha value is -0.730. The lowest BCUT2D eigenvalue weighted by Gasteiger charge is -2.00. The van der Waals surface area contributed by atoms with E-state index in [9.17, 15) is 5.11 Å². The van der Waals surface area contributed by atoms with E-state index in [-0.39, 0.29) is 5.75 Å². The lowest BCUT2D eigenvalue weighted by Crippen LogP contribution is -1.82. The molecule has 96 valence electrons. The number of halogens is 2. The Morgan fingerprint density at radius 2 is 2.00 bits per heavy atom. The summed E-state index contributed by atoms with van der Waals surface area (Å²) in [4.78, 5) is 4.46. The highest BCUT2D eigenvalue weighted by molar-refractivity contribution is 14.2. The predicted molar refractivity (Wildman–Crippen MR) is 91.5 cm³/mol. The predicted octanol–water partition coefficient (Wildman–Crippen LogP) is 5.02. The molecule has 0 unspecified atom stereocenters. The first kappa shape index (κ1) is 13.3. The summed E-state index contributed by atoms with van der Waals surface area (Å²) >= 11 is 5.70. The third-order valence-electron chi connectivity index (χ3n) is 2.83. The van der Waals surface area contributed by atoms with Crippen LogP contribution in [-0.4, -0.2) is 14.1 Å². The summed E-state index contributed by atoms with van der Waals surface area (Å²) < 4.78 is 2.99. The molecule has 0 aliphatic heterocycles. The Morgan fingerprint density at radius 3 is 2.68 bits per heavy atom. The van der Waals surface area contributed by atoms with Crippen molar-refractivity contribution in [1.82, 2.24) is 8.96 Å². The van der Waals surface area contributed by atoms with E-state index < -0.39 is 0 Å². The molecule has 0 fully saturated rings. The van der Waals surface area contributed by atoms with Crippen molar-refractivity contribution in [2.24, 2.45) is 0 Å². The van der Waals surface area contributed by atoms with E-state index in [1.54, 1.807) is 27.4 Å². The molecule has 0 bridgehead atoms. The molecule has 19 heavy (non-hydrogen) atoms. The third kappa shape index (κ3) is 2.48. The number of phenolic OH excluding ortho intramolecular Hbond substituents is 1. The van der Waals surface area contributed by atoms with Crippen LogP contribution < -0.4 is 0 Å². The number of phenols is 1. The summed E-state index contributed by atoms with van der Waals surface area (Å²) in [6.07, 6.45) is 3.86. The maximum Gasteiger partial charge on any atom is 0.151 e. The second kappa shape index (κ2) is 5.34. The van der Waals surface area contributed by atoms with Gasteiger partial charge in [0.05, 0.1) is 0 Å². The first-order chi connectivity index (χ1) is 9.19. The van der Waals surface area contributed by atoms with Crippen LogP contribution in [0.2, 0.25) is 0 Å². The maximum absolute atomic E-state index is 9.38. The summed E-state index contributed by atoms with van der Waals surface area (Å²) in [7, 11) is 1.58. The lowest BCUT2D eigenvalue weighted by atomic mass is 10.1. The molecule has 6 heteroatoms. The van der Waals surface area contributed by atoms with Gasteiger partial charge in [0.1, 0.15) is 5.75 Å². The maximum atomic E-state index is 9.38. The summed E-state index contributed by atoms with van der Waals surface area (Å²) in [6.45, 7) is 0. The van der Waals surface area contributed by atoms with E-state index >= 15 is 0 Å². The molecule has 0 saturated carbocycles. The number of benzene rings is 1. The fourth-order valence-corrected chi connectivity index (χ4v) is 3.57. The van der Waals surface area contributed by atoms with Crippen LogP contribution in [-0.2, 0) is 0 Å². The van der Waals surface area contributed by atoms with Crippen molar-refractivity contribution in [2.45, 2.75) is 0 Å². The second-order valence-corrected chi connectivity index (χ2v) is 6.64. The SMILES string of the molecule is Oc1ccc(-c2cn(SI)c3ncc(Br)cc23)cc1. The van der Waals surface area contributed by atoms with Crippen molar-refractivity contribution in [3.05, 3.63) is 47.2 Å². The van der Waals surface area contributed by atoms with Gasteiger partial charge in [0.15, 0.2) is 5.65 Å². The van der Waals surface area contributed by atoms with Crippen molar-refractivity contribution in [1.29, 1.82) is 0 Å². The normalized spacial score (nSPS) is 11.1. The summed E-state index contributed by atoms with van der Waals surface area (Å²) in [5.74, 6) is 0.273. The highest BCUT2D eigenvalue weighted by Crippen LogP contribution is 2.35. The van der Waals surface area contributed by atoms with Crippen LogP contribution in [0.3, 0.4) is 0 Å². The van der Waals surface area contributed by atoms with Gasteiger partial charge in [-0.15, -0.1) is 0 Å². The molecule has 0 saturated heterocycles. The van der Waals surface area contributed by atoms with E-state index in [4.69, 9.17) is 0 Å². The number of fused-ring (bicyclic) bond motifs is 1. The minimum absolute atomic E-state index is 0.273. The Kier molecular flexibility index (Phi) is 3.72. The topological polar surface area (TPSA) is 38.0 Å². The van der Waals surface area contributed by atoms with Gasteiger partial charge in [0.25, 0.3) is 0 Å². The summed E-state index contributed by atoms with van der Waals surface area (Å²) in [6, 6.07) is 9.27. The monoisotopic (exact) mass is 446 g/mol. The average Bonchev–Trinajstić information content (AvgIpc) is 2.77. The second-order valence-electron chi connectivity index (χ2n) is 4.01. The number of pyridine rings is 1. The first-order valence-electron chi connectivity index (χ1n) is 5.44. The fourth-order valence-electron chi connectivity index (χ4n) is 1.98. The molecule has 2 heterocycles. The molecular formula is C13H8BrIN2OS. The highest BCUT2D eigenvalue weighted by Gasteiger charge is 2.12. The Balaban J connectivity index is 2.28. The number of hydrogen-bond acceptors (Lipinski definition) is 3. The minimum Gasteiger partial charge on any atom is -0.508 e. The van der Waals surface area contributed by atoms with Gasteiger partial charge in [0, 0.05) is 58.1 Å². The van der Waals surface area contributed by atoms with Crippen molar-refractivity contribution in [2.75, 3.05) is 0 Å². The number of nitrogens with zero attached hydrogens (tertiary/aromatic N) is 2. The lowest BCUT2D eigenvalue weighted by molar-refractivity contribution is 0.475. The van der Waals surface area contributed by atoms with Crippen LogP contribution in [0.5, 0.6) is 5.75 Å². The van der Waals surface area contributed by atoms with Crippen LogP contribution in [0.4, 0.5) is 0 Å². The number of aromatic hydroxyl groups is 1. The Bertz CT molecular complexity index is 742. The van der Waals surface area contributed by atoms with Crippen LogP contribution >= 0.6 is 46.3 Å². The molecule has 0 atom stereocenters. The zero-order chi connectivity index (χ0) is 13.4. The zero-order valence-corrected chi connectivity index (χ0v) is 14.1. The largest absolute Gasteiger partial charge is 0.508 e. The van der Waals surface area contributed by atoms with Gasteiger partial charge < -0.3 is 5.11 Å². The van der Waals surface area contributed by atoms with Gasteiger partial charge in [-0.3, -0.25) is 3.97 Å². The third-order valence-corrected chi connectivity index (χ3v) is 4.97. The molecule has 0 aliphatic rings. The minimum atomic E-state index is 0.273. The Labute approximate surface area is 134 Å². The number of aromatic nitrogens is 2. The van der Waals surface area contributed by atoms with Crippen LogP contribution in [0.15, 0.2) is 47.2 Å². The van der Waals surface area contributed by atoms with E-state index in [1.165, 1.54) is 0 Å². The van der Waals surface area contributed by atoms with Gasteiger partial charge >= 0.3 is 0 Å². The van der Waals surface area contributed by atoms with Crippen LogP contribution in [0, 0.1) is 0 Å². The van der Waals surface area contributed by atoms with Crippen molar-refractivity contribution < 1.29 is 5.11 Å². The summed E-state index contributed by atoms with van der Waals surface area (Å²) in [5, 5.41) is 10.5. The molecule has 0 spiro atoms. The van der Waals surface area contributed by atoms with Gasteiger partial charge in [0.2, 0.25) is 0 Å². The zero-order valence-electron chi connectivity index (χ0n) is 9.55. The van der Waals surface area contributed by atoms with Gasteiger partial charge in [-0.05, 0) is 39.7 Å².